The molecule has 0 amide bonds. The number of hydrogen-bond acceptors (Lipinski definition) is 4. The molecule has 1 spiro atoms. The fourth-order valence-corrected chi connectivity index (χ4v) is 5.16. The number of carbonyl (C=O) groups is 1. The maximum absolute atomic E-state index is 12.8. The quantitative estimate of drug-likeness (QED) is 0.604. The van der Waals surface area contributed by atoms with Crippen LogP contribution >= 0.6 is 0 Å². The zero-order chi connectivity index (χ0) is 17.3. The number of carbonyl (C=O) groups excluding carboxylic acids is 1. The van der Waals surface area contributed by atoms with E-state index in [1.807, 2.05) is 36.4 Å². The lowest BCUT2D eigenvalue weighted by Gasteiger charge is -2.29. The minimum Gasteiger partial charge on any atom is -0.461 e. The first-order valence-corrected chi connectivity index (χ1v) is 9.33. The molecule has 2 saturated carbocycles. The van der Waals surface area contributed by atoms with E-state index < -0.39 is 5.79 Å². The molecule has 0 aromatic heterocycles. The smallest absolute Gasteiger partial charge is 0.309 e. The third kappa shape index (κ3) is 3.02. The van der Waals surface area contributed by atoms with Gasteiger partial charge in [0.05, 0.1) is 19.1 Å². The number of ether oxygens (including phenoxy) is 3. The second kappa shape index (κ2) is 6.93. The highest BCUT2D eigenvalue weighted by Crippen LogP contribution is 2.58. The van der Waals surface area contributed by atoms with Crippen LogP contribution in [0.4, 0.5) is 0 Å². The summed E-state index contributed by atoms with van der Waals surface area (Å²) < 4.78 is 17.6. The minimum atomic E-state index is -0.446. The first-order valence-electron chi connectivity index (χ1n) is 9.33. The molecule has 25 heavy (non-hydrogen) atoms. The summed E-state index contributed by atoms with van der Waals surface area (Å²) in [6.07, 6.45) is 5.60. The third-order valence-electron chi connectivity index (χ3n) is 6.22. The number of esters is 1. The van der Waals surface area contributed by atoms with Crippen LogP contribution in [0.2, 0.25) is 0 Å². The molecule has 1 saturated heterocycles. The van der Waals surface area contributed by atoms with Crippen molar-refractivity contribution in [2.24, 2.45) is 23.7 Å². The number of allylic oxidation sites excluding steroid dienone is 1. The molecule has 4 nitrogen and oxygen atoms in total. The molecule has 1 aromatic carbocycles. The van der Waals surface area contributed by atoms with Crippen molar-refractivity contribution >= 4 is 5.97 Å². The van der Waals surface area contributed by atoms with Gasteiger partial charge in [-0.1, -0.05) is 36.4 Å². The Morgan fingerprint density at radius 1 is 1.28 bits per heavy atom. The van der Waals surface area contributed by atoms with E-state index in [0.29, 0.717) is 31.7 Å². The van der Waals surface area contributed by atoms with E-state index in [2.05, 4.69) is 6.58 Å². The van der Waals surface area contributed by atoms with Crippen molar-refractivity contribution in [2.45, 2.75) is 38.1 Å². The van der Waals surface area contributed by atoms with E-state index in [0.717, 1.165) is 31.2 Å². The van der Waals surface area contributed by atoms with Crippen LogP contribution in [-0.4, -0.2) is 25.0 Å². The van der Waals surface area contributed by atoms with Gasteiger partial charge < -0.3 is 14.2 Å². The monoisotopic (exact) mass is 342 g/mol. The predicted molar refractivity (Wildman–Crippen MR) is 93.5 cm³/mol. The van der Waals surface area contributed by atoms with Gasteiger partial charge in [0.15, 0.2) is 5.79 Å². The van der Waals surface area contributed by atoms with Crippen LogP contribution in [0.5, 0.6) is 0 Å². The minimum absolute atomic E-state index is 0.0818. The van der Waals surface area contributed by atoms with Crippen molar-refractivity contribution in [3.8, 4) is 0 Å². The fraction of sp³-hybridized carbons (Fsp3) is 0.571. The molecule has 1 heterocycles. The van der Waals surface area contributed by atoms with Crippen molar-refractivity contribution < 1.29 is 19.0 Å². The Morgan fingerprint density at radius 3 is 2.76 bits per heavy atom. The number of benzene rings is 1. The molecule has 4 heteroatoms. The number of fused-ring (bicyclic) bond motifs is 2. The van der Waals surface area contributed by atoms with E-state index in [9.17, 15) is 4.79 Å². The lowest BCUT2D eigenvalue weighted by atomic mass is 9.85. The van der Waals surface area contributed by atoms with Crippen molar-refractivity contribution in [1.29, 1.82) is 0 Å². The van der Waals surface area contributed by atoms with Gasteiger partial charge in [0, 0.05) is 12.3 Å². The second-order valence-electron chi connectivity index (χ2n) is 7.44. The molecular formula is C21H26O4. The molecule has 1 aliphatic heterocycles. The summed E-state index contributed by atoms with van der Waals surface area (Å²) in [7, 11) is 0. The summed E-state index contributed by atoms with van der Waals surface area (Å²) in [6, 6.07) is 9.84. The van der Waals surface area contributed by atoms with Gasteiger partial charge in [-0.25, -0.2) is 0 Å². The highest BCUT2D eigenvalue weighted by atomic mass is 16.7. The van der Waals surface area contributed by atoms with E-state index in [1.54, 1.807) is 0 Å². The molecule has 0 radical (unpaired) electrons. The van der Waals surface area contributed by atoms with Gasteiger partial charge in [-0.15, -0.1) is 6.58 Å². The Labute approximate surface area is 149 Å². The highest BCUT2D eigenvalue weighted by Gasteiger charge is 2.60. The second-order valence-corrected chi connectivity index (χ2v) is 7.44. The molecule has 134 valence electrons. The van der Waals surface area contributed by atoms with E-state index in [-0.39, 0.29) is 17.8 Å². The van der Waals surface area contributed by atoms with E-state index in [4.69, 9.17) is 14.2 Å². The largest absolute Gasteiger partial charge is 0.461 e. The van der Waals surface area contributed by atoms with Gasteiger partial charge in [-0.3, -0.25) is 4.79 Å². The number of rotatable bonds is 5. The van der Waals surface area contributed by atoms with Crippen molar-refractivity contribution in [3.63, 3.8) is 0 Å². The van der Waals surface area contributed by atoms with Gasteiger partial charge in [0.2, 0.25) is 0 Å². The first-order chi connectivity index (χ1) is 12.2. The maximum Gasteiger partial charge on any atom is 0.309 e. The Morgan fingerprint density at radius 2 is 2.04 bits per heavy atom. The molecule has 0 bridgehead atoms. The molecule has 0 unspecified atom stereocenters. The molecule has 4 atom stereocenters. The average molecular weight is 342 g/mol. The third-order valence-corrected chi connectivity index (χ3v) is 6.22. The zero-order valence-electron chi connectivity index (χ0n) is 14.6. The topological polar surface area (TPSA) is 44.8 Å². The summed E-state index contributed by atoms with van der Waals surface area (Å²) in [5.74, 6) is 0.441. The first kappa shape index (κ1) is 16.8. The van der Waals surface area contributed by atoms with Crippen LogP contribution in [0, 0.1) is 23.7 Å². The van der Waals surface area contributed by atoms with Gasteiger partial charge in [0.1, 0.15) is 6.61 Å². The van der Waals surface area contributed by atoms with E-state index >= 15 is 0 Å². The van der Waals surface area contributed by atoms with Gasteiger partial charge in [-0.2, -0.15) is 0 Å². The van der Waals surface area contributed by atoms with Crippen molar-refractivity contribution in [1.82, 2.24) is 0 Å². The lowest BCUT2D eigenvalue weighted by molar-refractivity contribution is -0.185. The molecule has 0 N–H and O–H groups in total. The Balaban J connectivity index is 1.46. The SMILES string of the molecule is C=CC[C@@H]1[C@H]2CCC3(OCCO3)[C@H]2C[C@H]1C(=O)OCc1ccccc1. The maximum atomic E-state index is 12.8. The summed E-state index contributed by atoms with van der Waals surface area (Å²) in [4.78, 5) is 12.8. The highest BCUT2D eigenvalue weighted by molar-refractivity contribution is 5.73. The van der Waals surface area contributed by atoms with Crippen LogP contribution in [0.3, 0.4) is 0 Å². The summed E-state index contributed by atoms with van der Waals surface area (Å²) in [6.45, 7) is 5.57. The molecule has 2 aliphatic carbocycles. The standard InChI is InChI=1S/C21H26O4/c1-2-6-16-17-9-10-21(24-11-12-25-21)19(17)13-18(16)20(22)23-14-15-7-4-3-5-8-15/h2-5,7-8,16-19H,1,6,9-14H2/t16-,17-,18-,19+/m1/s1. The van der Waals surface area contributed by atoms with Crippen LogP contribution in [0.25, 0.3) is 0 Å². The predicted octanol–water partition coefficient (Wildman–Crippen LogP) is 3.71. The molecule has 1 aromatic rings. The molecule has 3 aliphatic rings. The summed E-state index contributed by atoms with van der Waals surface area (Å²) in [5.41, 5.74) is 1.02. The molecule has 3 fully saturated rings. The van der Waals surface area contributed by atoms with Gasteiger partial charge in [0.25, 0.3) is 0 Å². The van der Waals surface area contributed by atoms with Crippen molar-refractivity contribution in [3.05, 3.63) is 48.6 Å². The Bertz CT molecular complexity index is 620. The van der Waals surface area contributed by atoms with E-state index in [1.165, 1.54) is 0 Å². The lowest BCUT2D eigenvalue weighted by Crippen LogP contribution is -2.35. The van der Waals surface area contributed by atoms with Crippen molar-refractivity contribution in [2.75, 3.05) is 13.2 Å². The van der Waals surface area contributed by atoms with Crippen LogP contribution in [0.1, 0.15) is 31.2 Å². The van der Waals surface area contributed by atoms with Gasteiger partial charge >= 0.3 is 5.97 Å². The fourth-order valence-electron chi connectivity index (χ4n) is 5.16. The van der Waals surface area contributed by atoms with Crippen LogP contribution < -0.4 is 0 Å². The molecule has 4 rings (SSSR count). The Hall–Kier alpha value is -1.65. The van der Waals surface area contributed by atoms with Crippen LogP contribution in [-0.2, 0) is 25.6 Å². The summed E-state index contributed by atoms with van der Waals surface area (Å²) >= 11 is 0. The van der Waals surface area contributed by atoms with Gasteiger partial charge in [-0.05, 0) is 36.7 Å². The van der Waals surface area contributed by atoms with Crippen LogP contribution in [0.15, 0.2) is 43.0 Å². The average Bonchev–Trinajstić information content (AvgIpc) is 3.33. The summed E-state index contributed by atoms with van der Waals surface area (Å²) in [5, 5.41) is 0. The Kier molecular flexibility index (Phi) is 4.65. The zero-order valence-corrected chi connectivity index (χ0v) is 14.6. The molecular weight excluding hydrogens is 316 g/mol. The number of hydrogen-bond donors (Lipinski definition) is 0. The normalized spacial score (nSPS) is 32.6.